The van der Waals surface area contributed by atoms with Crippen LogP contribution in [-0.4, -0.2) is 63.9 Å². The molecule has 0 N–H and O–H groups in total. The topological polar surface area (TPSA) is 84.7 Å². The fourth-order valence-electron chi connectivity index (χ4n) is 3.65. The molecule has 0 bridgehead atoms. The van der Waals surface area contributed by atoms with Crippen molar-refractivity contribution in [2.45, 2.75) is 39.2 Å². The van der Waals surface area contributed by atoms with Gasteiger partial charge in [-0.1, -0.05) is 0 Å². The first kappa shape index (κ1) is 23.4. The standard InChI is InChI=1S/C23H29FN4O4/c1-23(2,3)32-22(31)26(4)14-16-6-5-13-27(15-16)21(30)19-11-12-20(29)28(25-19)18-9-7-17(24)8-10-18/h7-12,16H,5-6,13-15H2,1-4H3. The number of hydrogen-bond donors (Lipinski definition) is 0. The third-order valence-electron chi connectivity index (χ3n) is 5.13. The minimum absolute atomic E-state index is 0.105. The number of hydrogen-bond acceptors (Lipinski definition) is 5. The van der Waals surface area contributed by atoms with Crippen LogP contribution in [0.3, 0.4) is 0 Å². The summed E-state index contributed by atoms with van der Waals surface area (Å²) in [6.07, 6.45) is 1.30. The SMILES string of the molecule is CN(CC1CCCN(C(=O)c2ccc(=O)n(-c3ccc(F)cc3)n2)C1)C(=O)OC(C)(C)C. The summed E-state index contributed by atoms with van der Waals surface area (Å²) >= 11 is 0. The van der Waals surface area contributed by atoms with Crippen LogP contribution < -0.4 is 5.56 Å². The molecule has 1 saturated heterocycles. The lowest BCUT2D eigenvalue weighted by molar-refractivity contribution is 0.0244. The van der Waals surface area contributed by atoms with Crippen LogP contribution in [0.25, 0.3) is 5.69 Å². The number of carbonyl (C=O) groups is 2. The van der Waals surface area contributed by atoms with Crippen molar-refractivity contribution in [1.29, 1.82) is 0 Å². The van der Waals surface area contributed by atoms with E-state index in [4.69, 9.17) is 4.74 Å². The minimum Gasteiger partial charge on any atom is -0.444 e. The van der Waals surface area contributed by atoms with Gasteiger partial charge in [-0.2, -0.15) is 9.78 Å². The molecule has 0 spiro atoms. The summed E-state index contributed by atoms with van der Waals surface area (Å²) in [4.78, 5) is 40.8. The van der Waals surface area contributed by atoms with Crippen molar-refractivity contribution >= 4 is 12.0 Å². The highest BCUT2D eigenvalue weighted by atomic mass is 19.1. The number of rotatable bonds is 4. The molecule has 1 aliphatic heterocycles. The van der Waals surface area contributed by atoms with E-state index < -0.39 is 23.1 Å². The second-order valence-corrected chi connectivity index (χ2v) is 9.07. The third-order valence-corrected chi connectivity index (χ3v) is 5.13. The van der Waals surface area contributed by atoms with Crippen LogP contribution in [0.15, 0.2) is 41.2 Å². The zero-order chi connectivity index (χ0) is 23.5. The predicted molar refractivity (Wildman–Crippen MR) is 117 cm³/mol. The summed E-state index contributed by atoms with van der Waals surface area (Å²) in [6.45, 7) is 6.97. The van der Waals surface area contributed by atoms with Crippen molar-refractivity contribution in [2.75, 3.05) is 26.7 Å². The number of piperidine rings is 1. The Balaban J connectivity index is 1.70. The van der Waals surface area contributed by atoms with Crippen LogP contribution in [0.4, 0.5) is 9.18 Å². The molecule has 1 aliphatic rings. The summed E-state index contributed by atoms with van der Waals surface area (Å²) in [5.74, 6) is -0.608. The van der Waals surface area contributed by atoms with Crippen molar-refractivity contribution in [3.8, 4) is 5.69 Å². The van der Waals surface area contributed by atoms with E-state index in [-0.39, 0.29) is 17.5 Å². The van der Waals surface area contributed by atoms with E-state index in [1.807, 2.05) is 20.8 Å². The van der Waals surface area contributed by atoms with Gasteiger partial charge in [0.15, 0.2) is 0 Å². The Morgan fingerprint density at radius 2 is 1.88 bits per heavy atom. The first-order valence-corrected chi connectivity index (χ1v) is 10.6. The number of ether oxygens (including phenoxy) is 1. The number of carbonyl (C=O) groups excluding carboxylic acids is 2. The first-order valence-electron chi connectivity index (χ1n) is 10.6. The van der Waals surface area contributed by atoms with Crippen LogP contribution in [0, 0.1) is 11.7 Å². The molecular weight excluding hydrogens is 415 g/mol. The Bertz CT molecular complexity index is 1030. The molecule has 9 heteroatoms. The molecular formula is C23H29FN4O4. The van der Waals surface area contributed by atoms with Gasteiger partial charge in [-0.05, 0) is 69.9 Å². The zero-order valence-electron chi connectivity index (χ0n) is 18.9. The normalized spacial score (nSPS) is 16.5. The molecule has 1 unspecified atom stereocenters. The van der Waals surface area contributed by atoms with Crippen molar-refractivity contribution < 1.29 is 18.7 Å². The molecule has 2 amide bonds. The lowest BCUT2D eigenvalue weighted by atomic mass is 9.97. The van der Waals surface area contributed by atoms with Crippen molar-refractivity contribution in [2.24, 2.45) is 5.92 Å². The van der Waals surface area contributed by atoms with Crippen molar-refractivity contribution in [1.82, 2.24) is 19.6 Å². The molecule has 1 aromatic heterocycles. The maximum absolute atomic E-state index is 13.2. The quantitative estimate of drug-likeness (QED) is 0.724. The summed E-state index contributed by atoms with van der Waals surface area (Å²) < 4.78 is 19.7. The summed E-state index contributed by atoms with van der Waals surface area (Å²) in [5, 5.41) is 4.21. The van der Waals surface area contributed by atoms with E-state index in [2.05, 4.69) is 5.10 Å². The predicted octanol–water partition coefficient (Wildman–Crippen LogP) is 3.09. The van der Waals surface area contributed by atoms with E-state index in [0.29, 0.717) is 25.3 Å². The number of amides is 2. The molecule has 172 valence electrons. The van der Waals surface area contributed by atoms with E-state index in [9.17, 15) is 18.8 Å². The van der Waals surface area contributed by atoms with E-state index in [0.717, 1.165) is 17.5 Å². The Hall–Kier alpha value is -3.23. The smallest absolute Gasteiger partial charge is 0.410 e. The highest BCUT2D eigenvalue weighted by Gasteiger charge is 2.28. The molecule has 0 aliphatic carbocycles. The van der Waals surface area contributed by atoms with Gasteiger partial charge >= 0.3 is 6.09 Å². The van der Waals surface area contributed by atoms with Crippen molar-refractivity contribution in [3.63, 3.8) is 0 Å². The van der Waals surface area contributed by atoms with Crippen LogP contribution in [0.2, 0.25) is 0 Å². The molecule has 0 radical (unpaired) electrons. The Morgan fingerprint density at radius 3 is 2.53 bits per heavy atom. The van der Waals surface area contributed by atoms with Gasteiger partial charge in [0.05, 0.1) is 5.69 Å². The van der Waals surface area contributed by atoms with Crippen LogP contribution in [0.5, 0.6) is 0 Å². The maximum Gasteiger partial charge on any atom is 0.410 e. The minimum atomic E-state index is -0.570. The van der Waals surface area contributed by atoms with Crippen LogP contribution in [0.1, 0.15) is 44.1 Å². The molecule has 1 aromatic carbocycles. The van der Waals surface area contributed by atoms with Gasteiger partial charge in [0.25, 0.3) is 11.5 Å². The molecule has 32 heavy (non-hydrogen) atoms. The number of nitrogens with zero attached hydrogens (tertiary/aromatic N) is 4. The van der Waals surface area contributed by atoms with Crippen LogP contribution >= 0.6 is 0 Å². The molecule has 0 saturated carbocycles. The lowest BCUT2D eigenvalue weighted by Gasteiger charge is -2.35. The van der Waals surface area contributed by atoms with Gasteiger partial charge < -0.3 is 14.5 Å². The van der Waals surface area contributed by atoms with E-state index >= 15 is 0 Å². The molecule has 2 heterocycles. The fourth-order valence-corrected chi connectivity index (χ4v) is 3.65. The van der Waals surface area contributed by atoms with Gasteiger partial charge in [-0.15, -0.1) is 0 Å². The lowest BCUT2D eigenvalue weighted by Crippen LogP contribution is -2.45. The van der Waals surface area contributed by atoms with Gasteiger partial charge in [0, 0.05) is 32.7 Å². The average Bonchev–Trinajstić information content (AvgIpc) is 2.73. The molecule has 2 aromatic rings. The van der Waals surface area contributed by atoms with E-state index in [1.54, 1.807) is 11.9 Å². The Labute approximate surface area is 186 Å². The number of halogens is 1. The summed E-state index contributed by atoms with van der Waals surface area (Å²) in [5.41, 5.74) is -0.473. The van der Waals surface area contributed by atoms with Crippen LogP contribution in [-0.2, 0) is 4.74 Å². The van der Waals surface area contributed by atoms with Gasteiger partial charge in [0.1, 0.15) is 17.1 Å². The number of benzene rings is 1. The second kappa shape index (κ2) is 9.50. The van der Waals surface area contributed by atoms with Gasteiger partial charge in [-0.3, -0.25) is 9.59 Å². The summed E-state index contributed by atoms with van der Waals surface area (Å²) in [6, 6.07) is 8.01. The van der Waals surface area contributed by atoms with Gasteiger partial charge in [-0.25, -0.2) is 9.18 Å². The second-order valence-electron chi connectivity index (χ2n) is 9.07. The highest BCUT2D eigenvalue weighted by molar-refractivity contribution is 5.92. The fraction of sp³-hybridized carbons (Fsp3) is 0.478. The maximum atomic E-state index is 13.2. The Morgan fingerprint density at radius 1 is 1.19 bits per heavy atom. The Kier molecular flexibility index (Phi) is 6.96. The zero-order valence-corrected chi connectivity index (χ0v) is 18.9. The largest absolute Gasteiger partial charge is 0.444 e. The molecule has 3 rings (SSSR count). The van der Waals surface area contributed by atoms with E-state index in [1.165, 1.54) is 41.3 Å². The average molecular weight is 445 g/mol. The summed E-state index contributed by atoms with van der Waals surface area (Å²) in [7, 11) is 1.69. The number of aromatic nitrogens is 2. The molecule has 8 nitrogen and oxygen atoms in total. The monoisotopic (exact) mass is 444 g/mol. The highest BCUT2D eigenvalue weighted by Crippen LogP contribution is 2.20. The molecule has 1 fully saturated rings. The molecule has 1 atom stereocenters. The number of likely N-dealkylation sites (tertiary alicyclic amines) is 1. The van der Waals surface area contributed by atoms with Crippen molar-refractivity contribution in [3.05, 3.63) is 58.3 Å². The third kappa shape index (κ3) is 5.93. The van der Waals surface area contributed by atoms with Gasteiger partial charge in [0.2, 0.25) is 0 Å². The first-order chi connectivity index (χ1) is 15.0.